The minimum absolute atomic E-state index is 0.00468. The molecule has 1 saturated heterocycles. The highest BCUT2D eigenvalue weighted by Gasteiger charge is 2.47. The zero-order valence-corrected chi connectivity index (χ0v) is 19.2. The number of anilines is 2. The normalized spacial score (nSPS) is 21.1. The summed E-state index contributed by atoms with van der Waals surface area (Å²) in [5.41, 5.74) is 4.27. The molecule has 2 N–H and O–H groups in total. The number of para-hydroxylation sites is 2. The second kappa shape index (κ2) is 8.99. The first-order chi connectivity index (χ1) is 16.5. The van der Waals surface area contributed by atoms with E-state index >= 15 is 0 Å². The molecular formula is C27H28FN3O3. The summed E-state index contributed by atoms with van der Waals surface area (Å²) in [6.07, 6.45) is 0.781. The Bertz CT molecular complexity index is 1220. The van der Waals surface area contributed by atoms with Gasteiger partial charge in [-0.25, -0.2) is 9.18 Å². The number of likely N-dealkylation sites (tertiary alicyclic amines) is 1. The van der Waals surface area contributed by atoms with Crippen LogP contribution >= 0.6 is 0 Å². The largest absolute Gasteiger partial charge is 0.495 e. The second-order valence-electron chi connectivity index (χ2n) is 8.87. The number of nitrogens with zero attached hydrogens (tertiary/aromatic N) is 2. The zero-order chi connectivity index (χ0) is 23.8. The minimum atomic E-state index is -0.288. The van der Waals surface area contributed by atoms with Gasteiger partial charge in [0.2, 0.25) is 0 Å². The van der Waals surface area contributed by atoms with Crippen LogP contribution in [0.25, 0.3) is 11.1 Å². The number of likely N-dealkylation sites (N-methyl/N-ethyl adjacent to an activating group) is 1. The number of halogens is 1. The van der Waals surface area contributed by atoms with Crippen molar-refractivity contribution in [3.8, 4) is 16.9 Å². The maximum Gasteiger partial charge on any atom is 0.322 e. The van der Waals surface area contributed by atoms with Gasteiger partial charge in [0.25, 0.3) is 0 Å². The van der Waals surface area contributed by atoms with E-state index in [-0.39, 0.29) is 36.5 Å². The van der Waals surface area contributed by atoms with Gasteiger partial charge in [0.05, 0.1) is 31.5 Å². The van der Waals surface area contributed by atoms with Crippen molar-refractivity contribution < 1.29 is 19.0 Å². The molecule has 0 bridgehead atoms. The molecule has 7 heteroatoms. The van der Waals surface area contributed by atoms with E-state index in [0.717, 1.165) is 28.8 Å². The Kier molecular flexibility index (Phi) is 5.87. The van der Waals surface area contributed by atoms with Gasteiger partial charge < -0.3 is 25.0 Å². The first kappa shape index (κ1) is 22.2. The fraction of sp³-hybridized carbons (Fsp3) is 0.296. The molecule has 0 spiro atoms. The second-order valence-corrected chi connectivity index (χ2v) is 8.87. The molecule has 6 nitrogen and oxygen atoms in total. The number of amides is 2. The summed E-state index contributed by atoms with van der Waals surface area (Å²) in [7, 11) is 3.55. The van der Waals surface area contributed by atoms with E-state index in [1.807, 2.05) is 48.3 Å². The standard InChI is InChI=1S/C27H28FN3O3/c1-30-23-11-10-18(17-6-5-7-19(28)14-17)15-21(23)26-20(24(30)16-32)12-13-31(26)27(33)29-22-8-3-4-9-25(22)34-2/h3-11,14-15,20,24,26,32H,12-13,16H2,1-2H3,(H,29,33)/t20-,24-,26-/m0/s1. The fourth-order valence-corrected chi connectivity index (χ4v) is 5.46. The molecule has 2 aliphatic heterocycles. The molecule has 0 radical (unpaired) electrons. The monoisotopic (exact) mass is 461 g/mol. The minimum Gasteiger partial charge on any atom is -0.495 e. The number of carbonyl (C=O) groups is 1. The molecule has 0 saturated carbocycles. The number of hydrogen-bond acceptors (Lipinski definition) is 4. The van der Waals surface area contributed by atoms with Gasteiger partial charge >= 0.3 is 6.03 Å². The Hall–Kier alpha value is -3.58. The number of aliphatic hydroxyl groups excluding tert-OH is 1. The maximum atomic E-state index is 13.9. The number of rotatable bonds is 4. The van der Waals surface area contributed by atoms with E-state index in [1.165, 1.54) is 12.1 Å². The number of ether oxygens (including phenoxy) is 1. The van der Waals surface area contributed by atoms with Crippen LogP contribution in [0.2, 0.25) is 0 Å². The predicted octanol–water partition coefficient (Wildman–Crippen LogP) is 4.91. The van der Waals surface area contributed by atoms with Crippen LogP contribution in [-0.2, 0) is 0 Å². The number of nitrogens with one attached hydrogen (secondary N) is 1. The summed E-state index contributed by atoms with van der Waals surface area (Å²) in [5.74, 6) is 0.384. The number of hydrogen-bond donors (Lipinski definition) is 2. The molecule has 0 unspecified atom stereocenters. The van der Waals surface area contributed by atoms with Crippen molar-refractivity contribution in [2.45, 2.75) is 18.5 Å². The van der Waals surface area contributed by atoms with Crippen molar-refractivity contribution in [3.63, 3.8) is 0 Å². The van der Waals surface area contributed by atoms with Gasteiger partial charge in [-0.3, -0.25) is 0 Å². The molecule has 2 heterocycles. The molecule has 2 aliphatic rings. The molecule has 0 aliphatic carbocycles. The van der Waals surface area contributed by atoms with E-state index in [9.17, 15) is 14.3 Å². The smallest absolute Gasteiger partial charge is 0.322 e. The Morgan fingerprint density at radius 3 is 2.68 bits per heavy atom. The number of aliphatic hydroxyl groups is 1. The van der Waals surface area contributed by atoms with Crippen LogP contribution in [0.4, 0.5) is 20.6 Å². The number of urea groups is 1. The van der Waals surface area contributed by atoms with Crippen molar-refractivity contribution in [3.05, 3.63) is 78.1 Å². The zero-order valence-electron chi connectivity index (χ0n) is 19.2. The summed E-state index contributed by atoms with van der Waals surface area (Å²) in [6.45, 7) is 0.578. The van der Waals surface area contributed by atoms with Crippen LogP contribution in [0.15, 0.2) is 66.7 Å². The maximum absolute atomic E-state index is 13.9. The lowest BCUT2D eigenvalue weighted by Gasteiger charge is -2.44. The highest BCUT2D eigenvalue weighted by atomic mass is 19.1. The molecule has 176 valence electrons. The van der Waals surface area contributed by atoms with Crippen LogP contribution in [0.3, 0.4) is 0 Å². The Morgan fingerprint density at radius 2 is 1.91 bits per heavy atom. The summed E-state index contributed by atoms with van der Waals surface area (Å²) >= 11 is 0. The molecular weight excluding hydrogens is 433 g/mol. The quantitative estimate of drug-likeness (QED) is 0.580. The molecule has 3 atom stereocenters. The van der Waals surface area contributed by atoms with E-state index in [4.69, 9.17) is 4.74 Å². The molecule has 2 amide bonds. The van der Waals surface area contributed by atoms with Crippen LogP contribution < -0.4 is 15.0 Å². The van der Waals surface area contributed by atoms with Gasteiger partial charge in [0.1, 0.15) is 11.6 Å². The van der Waals surface area contributed by atoms with Gasteiger partial charge in [-0.2, -0.15) is 0 Å². The van der Waals surface area contributed by atoms with Crippen LogP contribution in [-0.4, -0.2) is 49.4 Å². The lowest BCUT2D eigenvalue weighted by molar-refractivity contribution is 0.168. The Balaban J connectivity index is 1.54. The lowest BCUT2D eigenvalue weighted by atomic mass is 9.81. The van der Waals surface area contributed by atoms with Crippen molar-refractivity contribution in [1.82, 2.24) is 4.90 Å². The van der Waals surface area contributed by atoms with E-state index < -0.39 is 0 Å². The Morgan fingerprint density at radius 1 is 1.12 bits per heavy atom. The number of fused-ring (bicyclic) bond motifs is 3. The average Bonchev–Trinajstić information content (AvgIpc) is 3.30. The van der Waals surface area contributed by atoms with Gasteiger partial charge in [-0.1, -0.05) is 30.3 Å². The topological polar surface area (TPSA) is 65.0 Å². The fourth-order valence-electron chi connectivity index (χ4n) is 5.46. The molecule has 3 aromatic carbocycles. The number of carbonyl (C=O) groups excluding carboxylic acids is 1. The van der Waals surface area contributed by atoms with Crippen LogP contribution in [0.1, 0.15) is 18.0 Å². The third-order valence-corrected chi connectivity index (χ3v) is 7.12. The van der Waals surface area contributed by atoms with Crippen LogP contribution in [0, 0.1) is 11.7 Å². The van der Waals surface area contributed by atoms with Crippen molar-refractivity contribution in [1.29, 1.82) is 0 Å². The summed E-state index contributed by atoms with van der Waals surface area (Å²) < 4.78 is 19.3. The van der Waals surface area contributed by atoms with E-state index in [2.05, 4.69) is 16.3 Å². The third-order valence-electron chi connectivity index (χ3n) is 7.12. The highest BCUT2D eigenvalue weighted by Crippen LogP contribution is 2.49. The summed E-state index contributed by atoms with van der Waals surface area (Å²) in [4.78, 5) is 17.4. The number of methoxy groups -OCH3 is 1. The van der Waals surface area contributed by atoms with Gasteiger partial charge in [-0.05, 0) is 59.5 Å². The first-order valence-electron chi connectivity index (χ1n) is 11.5. The Labute approximate surface area is 198 Å². The summed E-state index contributed by atoms with van der Waals surface area (Å²) in [6, 6.07) is 19.4. The van der Waals surface area contributed by atoms with E-state index in [1.54, 1.807) is 19.2 Å². The highest BCUT2D eigenvalue weighted by molar-refractivity contribution is 5.92. The molecule has 0 aromatic heterocycles. The third kappa shape index (κ3) is 3.76. The molecule has 3 aromatic rings. The van der Waals surface area contributed by atoms with Gasteiger partial charge in [0.15, 0.2) is 0 Å². The molecule has 1 fully saturated rings. The van der Waals surface area contributed by atoms with Crippen molar-refractivity contribution >= 4 is 17.4 Å². The lowest BCUT2D eigenvalue weighted by Crippen LogP contribution is -2.48. The van der Waals surface area contributed by atoms with Crippen molar-refractivity contribution in [2.24, 2.45) is 5.92 Å². The van der Waals surface area contributed by atoms with E-state index in [0.29, 0.717) is 18.0 Å². The van der Waals surface area contributed by atoms with Gasteiger partial charge in [-0.15, -0.1) is 0 Å². The van der Waals surface area contributed by atoms with Gasteiger partial charge in [0, 0.05) is 25.2 Å². The molecule has 34 heavy (non-hydrogen) atoms. The van der Waals surface area contributed by atoms with Crippen LogP contribution in [0.5, 0.6) is 5.75 Å². The number of benzene rings is 3. The first-order valence-corrected chi connectivity index (χ1v) is 11.5. The average molecular weight is 462 g/mol. The predicted molar refractivity (Wildman–Crippen MR) is 131 cm³/mol. The molecule has 5 rings (SSSR count). The SMILES string of the molecule is COc1ccccc1NC(=O)N1CC[C@@H]2[C@H]1c1cc(-c3cccc(F)c3)ccc1N(C)[C@H]2CO. The van der Waals surface area contributed by atoms with Crippen molar-refractivity contribution in [2.75, 3.05) is 37.5 Å². The summed E-state index contributed by atoms with van der Waals surface area (Å²) in [5, 5.41) is 13.2.